The zero-order chi connectivity index (χ0) is 19.4. The molecule has 2 aromatic carbocycles. The second-order valence-electron chi connectivity index (χ2n) is 7.44. The van der Waals surface area contributed by atoms with Crippen molar-refractivity contribution in [2.45, 2.75) is 32.4 Å². The fourth-order valence-electron chi connectivity index (χ4n) is 4.14. The maximum Gasteiger partial charge on any atom is 0.121 e. The quantitative estimate of drug-likeness (QED) is 0.625. The van der Waals surface area contributed by atoms with Crippen LogP contribution in [0, 0.1) is 11.8 Å². The number of benzene rings is 2. The molecule has 5 nitrogen and oxygen atoms in total. The molecule has 1 heterocycles. The molecule has 3 rings (SSSR count). The van der Waals surface area contributed by atoms with Crippen LogP contribution in [0.1, 0.15) is 43.5 Å². The number of hydrogen-bond acceptors (Lipinski definition) is 4. The molecule has 27 heavy (non-hydrogen) atoms. The molecule has 144 valence electrons. The predicted octanol–water partition coefficient (Wildman–Crippen LogP) is 3.56. The van der Waals surface area contributed by atoms with E-state index < -0.39 is 0 Å². The highest BCUT2D eigenvalue weighted by Gasteiger charge is 2.41. The van der Waals surface area contributed by atoms with Gasteiger partial charge in [0, 0.05) is 17.5 Å². The fraction of sp³-hybridized carbons (Fsp3) is 0.409. The van der Waals surface area contributed by atoms with Crippen molar-refractivity contribution in [1.29, 1.82) is 0 Å². The number of methoxy groups -OCH3 is 2. The minimum atomic E-state index is 0.179. The van der Waals surface area contributed by atoms with Gasteiger partial charge in [-0.3, -0.25) is 0 Å². The van der Waals surface area contributed by atoms with Crippen molar-refractivity contribution in [2.24, 2.45) is 17.0 Å². The van der Waals surface area contributed by atoms with Gasteiger partial charge < -0.3 is 20.0 Å². The normalized spacial score (nSPS) is 24.2. The lowest BCUT2D eigenvalue weighted by Gasteiger charge is -2.37. The van der Waals surface area contributed by atoms with Crippen molar-refractivity contribution in [3.05, 3.63) is 59.7 Å². The fourth-order valence-corrected chi connectivity index (χ4v) is 4.14. The van der Waals surface area contributed by atoms with E-state index in [2.05, 4.69) is 48.6 Å². The van der Waals surface area contributed by atoms with E-state index in [0.717, 1.165) is 23.6 Å². The van der Waals surface area contributed by atoms with Gasteiger partial charge in [0.25, 0.3) is 0 Å². The lowest BCUT2D eigenvalue weighted by atomic mass is 9.75. The Morgan fingerprint density at radius 3 is 1.89 bits per heavy atom. The average Bonchev–Trinajstić information content (AvgIpc) is 2.72. The van der Waals surface area contributed by atoms with E-state index in [-0.39, 0.29) is 18.0 Å². The summed E-state index contributed by atoms with van der Waals surface area (Å²) in [4.78, 5) is 0. The van der Waals surface area contributed by atoms with E-state index in [1.165, 1.54) is 11.1 Å². The van der Waals surface area contributed by atoms with Crippen LogP contribution in [0.3, 0.4) is 0 Å². The molecule has 5 heteroatoms. The Labute approximate surface area is 161 Å². The Morgan fingerprint density at radius 2 is 1.44 bits per heavy atom. The number of quaternary nitrogens is 1. The molecule has 0 unspecified atom stereocenters. The Balaban J connectivity index is 1.95. The van der Waals surface area contributed by atoms with Gasteiger partial charge in [0.05, 0.1) is 25.8 Å². The minimum Gasteiger partial charge on any atom is -0.497 e. The van der Waals surface area contributed by atoms with Crippen molar-refractivity contribution in [2.75, 3.05) is 14.2 Å². The number of piperidine rings is 1. The molecule has 3 atom stereocenters. The Hall–Kier alpha value is -2.53. The van der Waals surface area contributed by atoms with Crippen molar-refractivity contribution in [3.63, 3.8) is 0 Å². The smallest absolute Gasteiger partial charge is 0.121 e. The van der Waals surface area contributed by atoms with E-state index in [1.54, 1.807) is 14.2 Å². The first-order valence-electron chi connectivity index (χ1n) is 9.41. The molecule has 0 spiro atoms. The second kappa shape index (κ2) is 8.44. The maximum absolute atomic E-state index is 9.74. The van der Waals surface area contributed by atoms with Gasteiger partial charge in [-0.05, 0) is 54.4 Å². The summed E-state index contributed by atoms with van der Waals surface area (Å²) in [5, 5.41) is 15.9. The monoisotopic (exact) mass is 369 g/mol. The summed E-state index contributed by atoms with van der Waals surface area (Å²) in [6.45, 7) is 4.38. The number of rotatable bonds is 5. The summed E-state index contributed by atoms with van der Waals surface area (Å²) in [6, 6.07) is 16.7. The molecule has 1 fully saturated rings. The summed E-state index contributed by atoms with van der Waals surface area (Å²) >= 11 is 0. The SMILES string of the molecule is COc1ccc([C@@H]2C/C(=N\O)[C@H](C(C)C)[C@@H](c3ccc(OC)cc3)[NH2+]2)cc1. The number of ether oxygens (including phenoxy) is 2. The van der Waals surface area contributed by atoms with Gasteiger partial charge in [-0.2, -0.15) is 0 Å². The lowest BCUT2D eigenvalue weighted by Crippen LogP contribution is -2.90. The van der Waals surface area contributed by atoms with Crippen LogP contribution in [0.25, 0.3) is 0 Å². The van der Waals surface area contributed by atoms with Crippen LogP contribution in [0.4, 0.5) is 0 Å². The largest absolute Gasteiger partial charge is 0.497 e. The van der Waals surface area contributed by atoms with Crippen LogP contribution in [0.2, 0.25) is 0 Å². The molecule has 1 aliphatic heterocycles. The Morgan fingerprint density at radius 1 is 0.926 bits per heavy atom. The van der Waals surface area contributed by atoms with E-state index in [9.17, 15) is 5.21 Å². The molecule has 0 aliphatic carbocycles. The molecule has 0 saturated carbocycles. The van der Waals surface area contributed by atoms with Gasteiger partial charge in [0.2, 0.25) is 0 Å². The molecular formula is C22H29N2O3+. The van der Waals surface area contributed by atoms with Gasteiger partial charge in [-0.25, -0.2) is 0 Å². The second-order valence-corrected chi connectivity index (χ2v) is 7.44. The number of nitrogens with zero attached hydrogens (tertiary/aromatic N) is 1. The average molecular weight is 369 g/mol. The van der Waals surface area contributed by atoms with Crippen LogP contribution in [0.5, 0.6) is 11.5 Å². The summed E-state index contributed by atoms with van der Waals surface area (Å²) < 4.78 is 10.6. The zero-order valence-electron chi connectivity index (χ0n) is 16.4. The van der Waals surface area contributed by atoms with Gasteiger partial charge in [0.1, 0.15) is 23.6 Å². The van der Waals surface area contributed by atoms with Crippen molar-refractivity contribution in [3.8, 4) is 11.5 Å². The molecular weight excluding hydrogens is 340 g/mol. The van der Waals surface area contributed by atoms with Crippen molar-refractivity contribution >= 4 is 5.71 Å². The number of oxime groups is 1. The molecule has 1 saturated heterocycles. The van der Waals surface area contributed by atoms with Crippen molar-refractivity contribution < 1.29 is 20.0 Å². The molecule has 1 aliphatic rings. The third-order valence-corrected chi connectivity index (χ3v) is 5.53. The van der Waals surface area contributed by atoms with Gasteiger partial charge in [-0.15, -0.1) is 0 Å². The van der Waals surface area contributed by atoms with E-state index >= 15 is 0 Å². The molecule has 0 aromatic heterocycles. The highest BCUT2D eigenvalue weighted by atomic mass is 16.5. The summed E-state index contributed by atoms with van der Waals surface area (Å²) in [5.74, 6) is 2.24. The van der Waals surface area contributed by atoms with Crippen LogP contribution in [-0.2, 0) is 0 Å². The van der Waals surface area contributed by atoms with E-state index in [1.807, 2.05) is 24.3 Å². The first kappa shape index (κ1) is 19.2. The Bertz CT molecular complexity index is 769. The molecule has 0 bridgehead atoms. The highest BCUT2D eigenvalue weighted by molar-refractivity contribution is 5.88. The van der Waals surface area contributed by atoms with Crippen LogP contribution < -0.4 is 14.8 Å². The van der Waals surface area contributed by atoms with Crippen LogP contribution in [-0.4, -0.2) is 25.1 Å². The first-order valence-corrected chi connectivity index (χ1v) is 9.41. The first-order chi connectivity index (χ1) is 13.1. The van der Waals surface area contributed by atoms with Gasteiger partial charge >= 0.3 is 0 Å². The molecule has 3 N–H and O–H groups in total. The predicted molar refractivity (Wildman–Crippen MR) is 106 cm³/mol. The van der Waals surface area contributed by atoms with Gasteiger partial charge in [0.15, 0.2) is 0 Å². The van der Waals surface area contributed by atoms with Gasteiger partial charge in [-0.1, -0.05) is 19.0 Å². The molecule has 2 aromatic rings. The summed E-state index contributed by atoms with van der Waals surface area (Å²) in [7, 11) is 3.35. The summed E-state index contributed by atoms with van der Waals surface area (Å²) in [6.07, 6.45) is 0.734. The molecule has 0 amide bonds. The number of hydrogen-bond donors (Lipinski definition) is 2. The Kier molecular flexibility index (Phi) is 6.01. The van der Waals surface area contributed by atoms with E-state index in [4.69, 9.17) is 9.47 Å². The lowest BCUT2D eigenvalue weighted by molar-refractivity contribution is -0.743. The minimum absolute atomic E-state index is 0.179. The highest BCUT2D eigenvalue weighted by Crippen LogP contribution is 2.35. The molecule has 0 radical (unpaired) electrons. The standard InChI is InChI=1S/C22H28N2O3/c1-14(2)21-20(24-25)13-19(15-5-9-17(26-3)10-6-15)23-22(21)16-7-11-18(27-4)12-8-16/h5-12,14,19,21-23,25H,13H2,1-4H3/p+1/b24-20+/t19-,21-,22+/m0/s1. The van der Waals surface area contributed by atoms with Crippen molar-refractivity contribution in [1.82, 2.24) is 0 Å². The van der Waals surface area contributed by atoms with E-state index in [0.29, 0.717) is 5.92 Å². The van der Waals surface area contributed by atoms with Crippen LogP contribution in [0.15, 0.2) is 53.7 Å². The topological polar surface area (TPSA) is 67.7 Å². The number of nitrogens with two attached hydrogens (primary N) is 1. The zero-order valence-corrected chi connectivity index (χ0v) is 16.4. The third-order valence-electron chi connectivity index (χ3n) is 5.53. The third kappa shape index (κ3) is 4.08. The van der Waals surface area contributed by atoms with Crippen LogP contribution >= 0.6 is 0 Å². The maximum atomic E-state index is 9.74. The summed E-state index contributed by atoms with van der Waals surface area (Å²) in [5.41, 5.74) is 3.29.